The summed E-state index contributed by atoms with van der Waals surface area (Å²) in [5.41, 5.74) is 0.895. The van der Waals surface area contributed by atoms with E-state index in [2.05, 4.69) is 15.9 Å². The van der Waals surface area contributed by atoms with Crippen molar-refractivity contribution in [2.45, 2.75) is 6.61 Å². The summed E-state index contributed by atoms with van der Waals surface area (Å²) in [5, 5.41) is 12.7. The first-order valence-corrected chi connectivity index (χ1v) is 5.74. The molecule has 2 rings (SSSR count). The van der Waals surface area contributed by atoms with Crippen LogP contribution >= 0.6 is 38.9 Å². The van der Waals surface area contributed by atoms with Crippen LogP contribution in [0.5, 0.6) is 0 Å². The summed E-state index contributed by atoms with van der Waals surface area (Å²) in [4.78, 5) is 0. The molecule has 1 aromatic carbocycles. The quantitative estimate of drug-likeness (QED) is 0.840. The van der Waals surface area contributed by atoms with Gasteiger partial charge in [-0.2, -0.15) is 0 Å². The average molecular weight is 278 g/mol. The minimum absolute atomic E-state index is 0.0379. The summed E-state index contributed by atoms with van der Waals surface area (Å²) in [6.45, 7) is 0.0379. The van der Waals surface area contributed by atoms with Gasteiger partial charge in [0.2, 0.25) is 0 Å². The molecule has 0 saturated carbocycles. The Morgan fingerprint density at radius 2 is 2.23 bits per heavy atom. The molecular formula is C9H6BrClOS. The van der Waals surface area contributed by atoms with Crippen molar-refractivity contribution < 1.29 is 5.11 Å². The molecule has 0 bridgehead atoms. The SMILES string of the molecule is OCc1csc2c(Br)ccc(Cl)c12. The number of benzene rings is 1. The predicted octanol–water partition coefficient (Wildman–Crippen LogP) is 3.81. The Hall–Kier alpha value is -0.0900. The van der Waals surface area contributed by atoms with Crippen LogP contribution in [0.3, 0.4) is 0 Å². The Morgan fingerprint density at radius 1 is 1.46 bits per heavy atom. The Labute approximate surface area is 93.1 Å². The lowest BCUT2D eigenvalue weighted by atomic mass is 10.2. The van der Waals surface area contributed by atoms with Gasteiger partial charge in [-0.1, -0.05) is 11.6 Å². The summed E-state index contributed by atoms with van der Waals surface area (Å²) in [6.07, 6.45) is 0. The van der Waals surface area contributed by atoms with Crippen molar-refractivity contribution in [3.05, 3.63) is 32.6 Å². The maximum absolute atomic E-state index is 9.07. The Bertz CT molecular complexity index is 452. The number of fused-ring (bicyclic) bond motifs is 1. The maximum atomic E-state index is 9.07. The molecule has 1 nitrogen and oxygen atoms in total. The first-order valence-electron chi connectivity index (χ1n) is 3.69. The lowest BCUT2D eigenvalue weighted by Crippen LogP contribution is -1.79. The molecule has 1 N–H and O–H groups in total. The molecule has 4 heteroatoms. The van der Waals surface area contributed by atoms with Gasteiger partial charge in [0.25, 0.3) is 0 Å². The summed E-state index contributed by atoms with van der Waals surface area (Å²) >= 11 is 11.1. The second kappa shape index (κ2) is 3.58. The highest BCUT2D eigenvalue weighted by atomic mass is 79.9. The second-order valence-electron chi connectivity index (χ2n) is 2.65. The van der Waals surface area contributed by atoms with Gasteiger partial charge in [-0.3, -0.25) is 0 Å². The number of rotatable bonds is 1. The van der Waals surface area contributed by atoms with E-state index in [0.29, 0.717) is 5.02 Å². The highest BCUT2D eigenvalue weighted by Crippen LogP contribution is 2.36. The highest BCUT2D eigenvalue weighted by molar-refractivity contribution is 9.10. The van der Waals surface area contributed by atoms with Gasteiger partial charge < -0.3 is 5.11 Å². The molecule has 0 saturated heterocycles. The van der Waals surface area contributed by atoms with E-state index >= 15 is 0 Å². The smallest absolute Gasteiger partial charge is 0.0696 e. The fourth-order valence-corrected chi connectivity index (χ4v) is 3.19. The molecule has 1 heterocycles. The number of thiophene rings is 1. The van der Waals surface area contributed by atoms with Crippen molar-refractivity contribution in [1.29, 1.82) is 0 Å². The molecule has 13 heavy (non-hydrogen) atoms. The molecule has 0 unspecified atom stereocenters. The average Bonchev–Trinajstić information content (AvgIpc) is 2.56. The van der Waals surface area contributed by atoms with Gasteiger partial charge in [-0.15, -0.1) is 11.3 Å². The van der Waals surface area contributed by atoms with Crippen LogP contribution in [0.2, 0.25) is 5.02 Å². The molecule has 0 aliphatic heterocycles. The molecule has 0 aliphatic carbocycles. The zero-order valence-corrected chi connectivity index (χ0v) is 9.71. The Balaban J connectivity index is 2.87. The molecule has 1 aromatic heterocycles. The van der Waals surface area contributed by atoms with E-state index in [1.807, 2.05) is 17.5 Å². The largest absolute Gasteiger partial charge is 0.392 e. The number of aliphatic hydroxyl groups is 1. The third kappa shape index (κ3) is 1.50. The van der Waals surface area contributed by atoms with Gasteiger partial charge in [0, 0.05) is 14.9 Å². The normalized spacial score (nSPS) is 11.0. The molecule has 0 amide bonds. The van der Waals surface area contributed by atoms with Crippen LogP contribution in [0.1, 0.15) is 5.56 Å². The third-order valence-electron chi connectivity index (χ3n) is 1.87. The summed E-state index contributed by atoms with van der Waals surface area (Å²) in [6, 6.07) is 3.75. The van der Waals surface area contributed by atoms with E-state index < -0.39 is 0 Å². The Kier molecular flexibility index (Phi) is 2.60. The van der Waals surface area contributed by atoms with Gasteiger partial charge >= 0.3 is 0 Å². The molecule has 0 radical (unpaired) electrons. The standard InChI is InChI=1S/C9H6BrClOS/c10-6-1-2-7(11)8-5(3-12)4-13-9(6)8/h1-2,4,12H,3H2. The zero-order valence-electron chi connectivity index (χ0n) is 6.55. The molecule has 0 spiro atoms. The van der Waals surface area contributed by atoms with Crippen molar-refractivity contribution in [3.63, 3.8) is 0 Å². The third-order valence-corrected chi connectivity index (χ3v) is 4.17. The Morgan fingerprint density at radius 3 is 2.92 bits per heavy atom. The minimum atomic E-state index is 0.0379. The number of halogens is 2. The molecule has 2 aromatic rings. The fourth-order valence-electron chi connectivity index (χ4n) is 1.25. The molecule has 68 valence electrons. The van der Waals surface area contributed by atoms with Gasteiger partial charge in [0.05, 0.1) is 11.3 Å². The minimum Gasteiger partial charge on any atom is -0.392 e. The second-order valence-corrected chi connectivity index (χ2v) is 4.79. The van der Waals surface area contributed by atoms with E-state index in [1.54, 1.807) is 11.3 Å². The van der Waals surface area contributed by atoms with Gasteiger partial charge in [0.15, 0.2) is 0 Å². The van der Waals surface area contributed by atoms with E-state index in [9.17, 15) is 0 Å². The van der Waals surface area contributed by atoms with Gasteiger partial charge in [-0.05, 0) is 39.0 Å². The van der Waals surface area contributed by atoms with Gasteiger partial charge in [0.1, 0.15) is 0 Å². The summed E-state index contributed by atoms with van der Waals surface area (Å²) in [7, 11) is 0. The number of hydrogen-bond acceptors (Lipinski definition) is 2. The van der Waals surface area contributed by atoms with Crippen LogP contribution in [0, 0.1) is 0 Å². The molecule has 0 fully saturated rings. The monoisotopic (exact) mass is 276 g/mol. The topological polar surface area (TPSA) is 20.2 Å². The predicted molar refractivity (Wildman–Crippen MR) is 60.5 cm³/mol. The van der Waals surface area contributed by atoms with Crippen molar-refractivity contribution in [3.8, 4) is 0 Å². The fraction of sp³-hybridized carbons (Fsp3) is 0.111. The number of hydrogen-bond donors (Lipinski definition) is 1. The zero-order chi connectivity index (χ0) is 9.42. The first-order chi connectivity index (χ1) is 6.24. The van der Waals surface area contributed by atoms with E-state index in [4.69, 9.17) is 16.7 Å². The van der Waals surface area contributed by atoms with Crippen molar-refractivity contribution in [1.82, 2.24) is 0 Å². The lowest BCUT2D eigenvalue weighted by molar-refractivity contribution is 0.284. The van der Waals surface area contributed by atoms with Crippen molar-refractivity contribution in [2.75, 3.05) is 0 Å². The lowest BCUT2D eigenvalue weighted by Gasteiger charge is -1.98. The van der Waals surface area contributed by atoms with Crippen LogP contribution in [-0.4, -0.2) is 5.11 Å². The van der Waals surface area contributed by atoms with Crippen molar-refractivity contribution >= 4 is 49.0 Å². The van der Waals surface area contributed by atoms with Crippen LogP contribution in [0.25, 0.3) is 10.1 Å². The van der Waals surface area contributed by atoms with Crippen molar-refractivity contribution in [2.24, 2.45) is 0 Å². The first kappa shape index (κ1) is 9.46. The molecule has 0 atom stereocenters. The maximum Gasteiger partial charge on any atom is 0.0696 e. The molecular weight excluding hydrogens is 272 g/mol. The van der Waals surface area contributed by atoms with E-state index in [0.717, 1.165) is 20.1 Å². The highest BCUT2D eigenvalue weighted by Gasteiger charge is 2.09. The molecule has 0 aliphatic rings. The van der Waals surface area contributed by atoms with Crippen LogP contribution < -0.4 is 0 Å². The van der Waals surface area contributed by atoms with E-state index in [1.165, 1.54) is 0 Å². The summed E-state index contributed by atoms with van der Waals surface area (Å²) < 4.78 is 2.12. The van der Waals surface area contributed by atoms with Crippen LogP contribution in [0.15, 0.2) is 22.0 Å². The van der Waals surface area contributed by atoms with Crippen LogP contribution in [0.4, 0.5) is 0 Å². The van der Waals surface area contributed by atoms with Gasteiger partial charge in [-0.25, -0.2) is 0 Å². The summed E-state index contributed by atoms with van der Waals surface area (Å²) in [5.74, 6) is 0. The number of aliphatic hydroxyl groups excluding tert-OH is 1. The van der Waals surface area contributed by atoms with Crippen LogP contribution in [-0.2, 0) is 6.61 Å². The van der Waals surface area contributed by atoms with E-state index in [-0.39, 0.29) is 6.61 Å².